The summed E-state index contributed by atoms with van der Waals surface area (Å²) >= 11 is 1.58. The Hall–Kier alpha value is -2.94. The first-order valence-electron chi connectivity index (χ1n) is 10.0. The number of piperidine rings is 1. The molecule has 1 saturated heterocycles. The minimum Gasteiger partial charge on any atom is -0.479 e. The molecule has 1 fully saturated rings. The number of carbonyl (C=O) groups is 1. The van der Waals surface area contributed by atoms with Crippen molar-refractivity contribution >= 4 is 17.2 Å². The maximum Gasteiger partial charge on any atom is 0.254 e. The van der Waals surface area contributed by atoms with E-state index in [0.29, 0.717) is 48.3 Å². The number of nitrogens with one attached hydrogen (secondary N) is 1. The van der Waals surface area contributed by atoms with Gasteiger partial charge in [-0.2, -0.15) is 11.3 Å². The number of aryl methyl sites for hydroxylation is 1. The third-order valence-corrected chi connectivity index (χ3v) is 6.07. The molecular formula is C21H24N4O4S. The molecule has 0 radical (unpaired) electrons. The van der Waals surface area contributed by atoms with Crippen molar-refractivity contribution < 1.29 is 14.1 Å². The van der Waals surface area contributed by atoms with Crippen LogP contribution in [0.5, 0.6) is 5.88 Å². The number of methoxy groups -OCH3 is 1. The number of hydrogen-bond acceptors (Lipinski definition) is 7. The number of ether oxygens (including phenoxy) is 1. The summed E-state index contributed by atoms with van der Waals surface area (Å²) in [5.74, 6) is 2.31. The molecule has 1 aliphatic rings. The van der Waals surface area contributed by atoms with Gasteiger partial charge in [-0.3, -0.25) is 9.59 Å². The van der Waals surface area contributed by atoms with Crippen LogP contribution in [0.25, 0.3) is 11.3 Å². The van der Waals surface area contributed by atoms with Crippen molar-refractivity contribution in [2.24, 2.45) is 5.92 Å². The molecule has 3 aromatic rings. The van der Waals surface area contributed by atoms with E-state index in [-0.39, 0.29) is 11.5 Å². The highest BCUT2D eigenvalue weighted by molar-refractivity contribution is 7.08. The Bertz CT molecular complexity index is 1040. The average molecular weight is 429 g/mol. The summed E-state index contributed by atoms with van der Waals surface area (Å²) < 4.78 is 10.1. The number of H-pyrrole nitrogens is 1. The second-order valence-electron chi connectivity index (χ2n) is 7.45. The molecule has 3 aromatic heterocycles. The van der Waals surface area contributed by atoms with Gasteiger partial charge in [0.25, 0.3) is 11.4 Å². The topological polar surface area (TPSA) is 101 Å². The predicted molar refractivity (Wildman–Crippen MR) is 113 cm³/mol. The molecule has 0 bridgehead atoms. The van der Waals surface area contributed by atoms with E-state index >= 15 is 0 Å². The Morgan fingerprint density at radius 3 is 2.90 bits per heavy atom. The summed E-state index contributed by atoms with van der Waals surface area (Å²) in [6, 6.07) is 5.21. The van der Waals surface area contributed by atoms with Gasteiger partial charge in [-0.1, -0.05) is 0 Å². The number of aromatic amines is 1. The van der Waals surface area contributed by atoms with Crippen LogP contribution in [-0.4, -0.2) is 46.1 Å². The zero-order valence-corrected chi connectivity index (χ0v) is 17.6. The number of thiophene rings is 1. The quantitative estimate of drug-likeness (QED) is 0.621. The summed E-state index contributed by atoms with van der Waals surface area (Å²) in [5.41, 5.74) is 1.56. The molecule has 9 heteroatoms. The van der Waals surface area contributed by atoms with Gasteiger partial charge in [0.1, 0.15) is 11.6 Å². The van der Waals surface area contributed by atoms with Crippen molar-refractivity contribution in [1.29, 1.82) is 0 Å². The third kappa shape index (κ3) is 4.96. The highest BCUT2D eigenvalue weighted by Gasteiger charge is 2.24. The minimum absolute atomic E-state index is 0.120. The normalized spacial score (nSPS) is 14.8. The molecular weight excluding hydrogens is 404 g/mol. The summed E-state index contributed by atoms with van der Waals surface area (Å²) in [6.07, 6.45) is 3.41. The standard InChI is InChI=1S/C21H24N4O4S/c1-28-20-11-16(29-24-20)2-3-21(27)25-7-4-14(5-8-25)10-18-22-17(12-19(26)23-18)15-6-9-30-13-15/h6,9,11-14H,2-5,7-8,10H2,1H3,(H,22,23,26). The summed E-state index contributed by atoms with van der Waals surface area (Å²) in [5, 5.41) is 7.72. The molecule has 0 spiro atoms. The van der Waals surface area contributed by atoms with Gasteiger partial charge in [0.15, 0.2) is 0 Å². The van der Waals surface area contributed by atoms with Crippen molar-refractivity contribution in [3.63, 3.8) is 0 Å². The highest BCUT2D eigenvalue weighted by atomic mass is 32.1. The van der Waals surface area contributed by atoms with Gasteiger partial charge in [-0.15, -0.1) is 0 Å². The number of likely N-dealkylation sites (tertiary alicyclic amines) is 1. The van der Waals surface area contributed by atoms with E-state index in [4.69, 9.17) is 9.26 Å². The van der Waals surface area contributed by atoms with Gasteiger partial charge in [-0.05, 0) is 35.4 Å². The highest BCUT2D eigenvalue weighted by Crippen LogP contribution is 2.23. The lowest BCUT2D eigenvalue weighted by molar-refractivity contribution is -0.132. The number of rotatable bonds is 7. The van der Waals surface area contributed by atoms with Crippen LogP contribution >= 0.6 is 11.3 Å². The average Bonchev–Trinajstić information content (AvgIpc) is 3.44. The lowest BCUT2D eigenvalue weighted by Crippen LogP contribution is -2.39. The number of amides is 1. The minimum atomic E-state index is -0.127. The van der Waals surface area contributed by atoms with Gasteiger partial charge in [0, 0.05) is 55.4 Å². The SMILES string of the molecule is COc1cc(CCC(=O)N2CCC(Cc3nc(-c4ccsc4)cc(=O)[nH]3)CC2)on1. The van der Waals surface area contributed by atoms with Gasteiger partial charge in [-0.25, -0.2) is 4.98 Å². The first-order valence-corrected chi connectivity index (χ1v) is 10.9. The molecule has 1 amide bonds. The van der Waals surface area contributed by atoms with Crippen molar-refractivity contribution in [3.8, 4) is 17.1 Å². The van der Waals surface area contributed by atoms with Crippen LogP contribution in [0.2, 0.25) is 0 Å². The van der Waals surface area contributed by atoms with Crippen LogP contribution in [0.3, 0.4) is 0 Å². The lowest BCUT2D eigenvalue weighted by atomic mass is 9.93. The second-order valence-corrected chi connectivity index (χ2v) is 8.23. The van der Waals surface area contributed by atoms with Crippen LogP contribution in [0.1, 0.15) is 30.8 Å². The third-order valence-electron chi connectivity index (χ3n) is 5.39. The Balaban J connectivity index is 1.28. The number of carbonyl (C=O) groups excluding carboxylic acids is 1. The van der Waals surface area contributed by atoms with E-state index in [0.717, 1.165) is 31.5 Å². The number of nitrogens with zero attached hydrogens (tertiary/aromatic N) is 3. The van der Waals surface area contributed by atoms with E-state index in [2.05, 4.69) is 15.1 Å². The molecule has 8 nitrogen and oxygen atoms in total. The predicted octanol–water partition coefficient (Wildman–Crippen LogP) is 2.91. The molecule has 0 aliphatic carbocycles. The molecule has 0 saturated carbocycles. The van der Waals surface area contributed by atoms with E-state index < -0.39 is 0 Å². The van der Waals surface area contributed by atoms with Crippen molar-refractivity contribution in [1.82, 2.24) is 20.0 Å². The first-order chi connectivity index (χ1) is 14.6. The van der Waals surface area contributed by atoms with E-state index in [1.807, 2.05) is 21.7 Å². The van der Waals surface area contributed by atoms with Crippen molar-refractivity contribution in [2.75, 3.05) is 20.2 Å². The molecule has 0 unspecified atom stereocenters. The molecule has 4 rings (SSSR count). The summed E-state index contributed by atoms with van der Waals surface area (Å²) in [7, 11) is 1.53. The van der Waals surface area contributed by atoms with Gasteiger partial charge in [0.05, 0.1) is 12.8 Å². The van der Waals surface area contributed by atoms with Crippen LogP contribution < -0.4 is 10.3 Å². The van der Waals surface area contributed by atoms with Crippen LogP contribution in [0, 0.1) is 5.92 Å². The van der Waals surface area contributed by atoms with Gasteiger partial charge < -0.3 is 19.1 Å². The fourth-order valence-corrected chi connectivity index (χ4v) is 4.37. The van der Waals surface area contributed by atoms with Gasteiger partial charge >= 0.3 is 0 Å². The maximum atomic E-state index is 12.5. The monoisotopic (exact) mass is 428 g/mol. The van der Waals surface area contributed by atoms with Crippen molar-refractivity contribution in [2.45, 2.75) is 32.1 Å². The van der Waals surface area contributed by atoms with Crippen LogP contribution in [0.4, 0.5) is 0 Å². The number of hydrogen-bond donors (Lipinski definition) is 1. The molecule has 4 heterocycles. The fraction of sp³-hybridized carbons (Fsp3) is 0.429. The van der Waals surface area contributed by atoms with E-state index in [1.54, 1.807) is 17.4 Å². The summed E-state index contributed by atoms with van der Waals surface area (Å²) in [6.45, 7) is 1.44. The fourth-order valence-electron chi connectivity index (χ4n) is 3.72. The zero-order valence-electron chi connectivity index (χ0n) is 16.8. The Morgan fingerprint density at radius 1 is 1.37 bits per heavy atom. The molecule has 1 aliphatic heterocycles. The van der Waals surface area contributed by atoms with Crippen LogP contribution in [-0.2, 0) is 17.6 Å². The Morgan fingerprint density at radius 2 is 2.20 bits per heavy atom. The molecule has 0 aromatic carbocycles. The molecule has 158 valence electrons. The van der Waals surface area contributed by atoms with E-state index in [1.165, 1.54) is 13.2 Å². The largest absolute Gasteiger partial charge is 0.479 e. The van der Waals surface area contributed by atoms with Crippen LogP contribution in [0.15, 0.2) is 38.3 Å². The maximum absolute atomic E-state index is 12.5. The lowest BCUT2D eigenvalue weighted by Gasteiger charge is -2.32. The Labute approximate surface area is 177 Å². The first kappa shape index (κ1) is 20.3. The molecule has 30 heavy (non-hydrogen) atoms. The zero-order chi connectivity index (χ0) is 20.9. The second kappa shape index (κ2) is 9.25. The smallest absolute Gasteiger partial charge is 0.254 e. The summed E-state index contributed by atoms with van der Waals surface area (Å²) in [4.78, 5) is 34.0. The van der Waals surface area contributed by atoms with Gasteiger partial charge in [0.2, 0.25) is 5.91 Å². The van der Waals surface area contributed by atoms with E-state index in [9.17, 15) is 9.59 Å². The number of aromatic nitrogens is 3. The van der Waals surface area contributed by atoms with Crippen molar-refractivity contribution in [3.05, 3.63) is 50.9 Å². The molecule has 1 N–H and O–H groups in total. The Kier molecular flexibility index (Phi) is 6.27. The molecule has 0 atom stereocenters.